The molecule has 0 unspecified atom stereocenters. The predicted octanol–water partition coefficient (Wildman–Crippen LogP) is 2.15. The van der Waals surface area contributed by atoms with Crippen LogP contribution in [0.2, 0.25) is 0 Å². The van der Waals surface area contributed by atoms with Gasteiger partial charge in [-0.05, 0) is 35.0 Å². The first kappa shape index (κ1) is 18.7. The van der Waals surface area contributed by atoms with E-state index < -0.39 is 0 Å². The fourth-order valence-corrected chi connectivity index (χ4v) is 2.54. The molecule has 0 aliphatic carbocycles. The Kier molecular flexibility index (Phi) is 6.22. The van der Waals surface area contributed by atoms with E-state index in [1.807, 2.05) is 30.3 Å². The van der Waals surface area contributed by atoms with Crippen molar-refractivity contribution in [3.63, 3.8) is 0 Å². The van der Waals surface area contributed by atoms with Crippen molar-refractivity contribution in [2.24, 2.45) is 0 Å². The van der Waals surface area contributed by atoms with Crippen molar-refractivity contribution < 1.29 is 13.9 Å². The van der Waals surface area contributed by atoms with Crippen molar-refractivity contribution >= 4 is 5.91 Å². The monoisotopic (exact) mass is 369 g/mol. The lowest BCUT2D eigenvalue weighted by Crippen LogP contribution is -2.36. The van der Waals surface area contributed by atoms with Gasteiger partial charge in [-0.1, -0.05) is 30.3 Å². The van der Waals surface area contributed by atoms with Crippen LogP contribution in [-0.4, -0.2) is 51.3 Å². The van der Waals surface area contributed by atoms with Crippen LogP contribution in [0.1, 0.15) is 5.56 Å². The molecule has 0 fully saturated rings. The zero-order chi connectivity index (χ0) is 19.1. The van der Waals surface area contributed by atoms with E-state index in [0.29, 0.717) is 31.1 Å². The highest BCUT2D eigenvalue weighted by atomic mass is 19.1. The second-order valence-electron chi connectivity index (χ2n) is 5.94. The van der Waals surface area contributed by atoms with E-state index in [1.54, 1.807) is 24.1 Å². The minimum Gasteiger partial charge on any atom is -0.383 e. The average molecular weight is 369 g/mol. The van der Waals surface area contributed by atoms with Crippen LogP contribution in [0.5, 0.6) is 0 Å². The lowest BCUT2D eigenvalue weighted by molar-refractivity contribution is -0.133. The largest absolute Gasteiger partial charge is 0.383 e. The van der Waals surface area contributed by atoms with Crippen LogP contribution in [0.3, 0.4) is 0 Å². The number of carbonyl (C=O) groups is 1. The van der Waals surface area contributed by atoms with Gasteiger partial charge in [-0.15, -0.1) is 10.2 Å². The number of nitrogens with zero attached hydrogens (tertiary/aromatic N) is 5. The van der Waals surface area contributed by atoms with Gasteiger partial charge < -0.3 is 9.64 Å². The normalized spacial score (nSPS) is 10.7. The summed E-state index contributed by atoms with van der Waals surface area (Å²) in [5.41, 5.74) is 1.66. The molecular weight excluding hydrogens is 349 g/mol. The molecule has 1 heterocycles. The molecule has 8 heteroatoms. The number of amides is 1. The lowest BCUT2D eigenvalue weighted by Gasteiger charge is -2.22. The Bertz CT molecular complexity index is 867. The maximum absolute atomic E-state index is 13.0. The molecule has 0 radical (unpaired) electrons. The molecule has 0 saturated heterocycles. The maximum Gasteiger partial charge on any atom is 0.246 e. The third kappa shape index (κ3) is 5.18. The Morgan fingerprint density at radius 2 is 1.89 bits per heavy atom. The minimum absolute atomic E-state index is 0.0370. The number of rotatable bonds is 8. The van der Waals surface area contributed by atoms with Gasteiger partial charge in [-0.3, -0.25) is 4.79 Å². The van der Waals surface area contributed by atoms with Gasteiger partial charge in [0.25, 0.3) is 0 Å². The molecule has 27 heavy (non-hydrogen) atoms. The summed E-state index contributed by atoms with van der Waals surface area (Å²) in [5.74, 6) is -0.135. The van der Waals surface area contributed by atoms with Crippen LogP contribution < -0.4 is 0 Å². The third-order valence-electron chi connectivity index (χ3n) is 3.97. The van der Waals surface area contributed by atoms with Crippen molar-refractivity contribution in [1.29, 1.82) is 0 Å². The number of hydrogen-bond acceptors (Lipinski definition) is 5. The number of benzene rings is 2. The van der Waals surface area contributed by atoms with E-state index in [9.17, 15) is 9.18 Å². The molecule has 1 amide bonds. The Labute approximate surface area is 156 Å². The van der Waals surface area contributed by atoms with Gasteiger partial charge in [0.15, 0.2) is 0 Å². The number of carbonyl (C=O) groups excluding carboxylic acids is 1. The van der Waals surface area contributed by atoms with E-state index in [2.05, 4.69) is 15.4 Å². The van der Waals surface area contributed by atoms with Crippen molar-refractivity contribution in [1.82, 2.24) is 25.1 Å². The van der Waals surface area contributed by atoms with E-state index in [1.165, 1.54) is 16.9 Å². The topological polar surface area (TPSA) is 73.1 Å². The zero-order valence-electron chi connectivity index (χ0n) is 15.0. The molecule has 0 bridgehead atoms. The van der Waals surface area contributed by atoms with Crippen LogP contribution >= 0.6 is 0 Å². The zero-order valence-corrected chi connectivity index (χ0v) is 15.0. The molecule has 3 aromatic rings. The summed E-state index contributed by atoms with van der Waals surface area (Å²) in [4.78, 5) is 15.6. The van der Waals surface area contributed by atoms with E-state index in [4.69, 9.17) is 4.74 Å². The van der Waals surface area contributed by atoms with Gasteiger partial charge in [0.1, 0.15) is 12.4 Å². The fourth-order valence-electron chi connectivity index (χ4n) is 2.54. The molecule has 0 atom stereocenters. The second-order valence-corrected chi connectivity index (χ2v) is 5.94. The predicted molar refractivity (Wildman–Crippen MR) is 96.9 cm³/mol. The SMILES string of the molecule is COCCN(Cc1ccccc1)C(=O)Cn1nnc(-c2ccc(F)cc2)n1. The Morgan fingerprint density at radius 3 is 2.59 bits per heavy atom. The van der Waals surface area contributed by atoms with Gasteiger partial charge in [0.05, 0.1) is 6.61 Å². The molecule has 140 valence electrons. The first-order valence-electron chi connectivity index (χ1n) is 8.50. The number of ether oxygens (including phenoxy) is 1. The summed E-state index contributed by atoms with van der Waals surface area (Å²) in [5, 5.41) is 12.1. The Morgan fingerprint density at radius 1 is 1.15 bits per heavy atom. The van der Waals surface area contributed by atoms with Crippen molar-refractivity contribution in [2.75, 3.05) is 20.3 Å². The van der Waals surface area contributed by atoms with Crippen LogP contribution in [0.15, 0.2) is 54.6 Å². The molecule has 1 aromatic heterocycles. The summed E-state index contributed by atoms with van der Waals surface area (Å²) in [6.07, 6.45) is 0. The van der Waals surface area contributed by atoms with Crippen molar-refractivity contribution in [2.45, 2.75) is 13.1 Å². The minimum atomic E-state index is -0.337. The molecule has 7 nitrogen and oxygen atoms in total. The van der Waals surface area contributed by atoms with Crippen LogP contribution in [0, 0.1) is 5.82 Å². The second kappa shape index (κ2) is 9.00. The van der Waals surface area contributed by atoms with E-state index in [-0.39, 0.29) is 18.3 Å². The van der Waals surface area contributed by atoms with Gasteiger partial charge in [-0.2, -0.15) is 4.80 Å². The summed E-state index contributed by atoms with van der Waals surface area (Å²) >= 11 is 0. The van der Waals surface area contributed by atoms with E-state index >= 15 is 0 Å². The maximum atomic E-state index is 13.0. The quantitative estimate of drug-likeness (QED) is 0.608. The number of hydrogen-bond donors (Lipinski definition) is 0. The first-order valence-corrected chi connectivity index (χ1v) is 8.50. The van der Waals surface area contributed by atoms with Gasteiger partial charge in [0.2, 0.25) is 11.7 Å². The molecule has 2 aromatic carbocycles. The highest BCUT2D eigenvalue weighted by Gasteiger charge is 2.16. The summed E-state index contributed by atoms with van der Waals surface area (Å²) in [7, 11) is 1.60. The average Bonchev–Trinajstić information content (AvgIpc) is 3.15. The summed E-state index contributed by atoms with van der Waals surface area (Å²) < 4.78 is 18.1. The molecule has 0 N–H and O–H groups in total. The first-order chi connectivity index (χ1) is 13.2. The number of halogens is 1. The molecule has 0 aliphatic rings. The third-order valence-corrected chi connectivity index (χ3v) is 3.97. The van der Waals surface area contributed by atoms with Crippen LogP contribution in [-0.2, 0) is 22.6 Å². The molecule has 0 spiro atoms. The molecular formula is C19H20FN5O2. The summed E-state index contributed by atoms with van der Waals surface area (Å²) in [6.45, 7) is 1.33. The van der Waals surface area contributed by atoms with Crippen LogP contribution in [0.25, 0.3) is 11.4 Å². The van der Waals surface area contributed by atoms with Crippen LogP contribution in [0.4, 0.5) is 4.39 Å². The standard InChI is InChI=1S/C19H20FN5O2/c1-27-12-11-24(13-15-5-3-2-4-6-15)18(26)14-25-22-19(21-23-25)16-7-9-17(20)10-8-16/h2-10H,11-14H2,1H3. The highest BCUT2D eigenvalue weighted by molar-refractivity contribution is 5.75. The lowest BCUT2D eigenvalue weighted by atomic mass is 10.2. The number of methoxy groups -OCH3 is 1. The smallest absolute Gasteiger partial charge is 0.246 e. The number of tetrazole rings is 1. The molecule has 3 rings (SSSR count). The summed E-state index contributed by atoms with van der Waals surface area (Å²) in [6, 6.07) is 15.5. The van der Waals surface area contributed by atoms with Gasteiger partial charge >= 0.3 is 0 Å². The Hall–Kier alpha value is -3.13. The van der Waals surface area contributed by atoms with Crippen molar-refractivity contribution in [3.05, 3.63) is 66.0 Å². The van der Waals surface area contributed by atoms with Gasteiger partial charge in [-0.25, -0.2) is 4.39 Å². The molecule has 0 aliphatic heterocycles. The van der Waals surface area contributed by atoms with Crippen molar-refractivity contribution in [3.8, 4) is 11.4 Å². The fraction of sp³-hybridized carbons (Fsp3) is 0.263. The molecule has 0 saturated carbocycles. The van der Waals surface area contributed by atoms with E-state index in [0.717, 1.165) is 5.56 Å². The highest BCUT2D eigenvalue weighted by Crippen LogP contribution is 2.14. The number of aromatic nitrogens is 4. The van der Waals surface area contributed by atoms with Gasteiger partial charge in [0, 0.05) is 25.8 Å². The Balaban J connectivity index is 1.68.